The summed E-state index contributed by atoms with van der Waals surface area (Å²) in [4.78, 5) is 0.925. The minimum atomic E-state index is -0.303. The fourth-order valence-electron chi connectivity index (χ4n) is 1.62. The fraction of sp³-hybridized carbons (Fsp3) is 0.538. The van der Waals surface area contributed by atoms with Gasteiger partial charge in [-0.25, -0.2) is 0 Å². The molecule has 0 saturated carbocycles. The SMILES string of the molecule is COc1cc(CCN)cc(OC)c1SCCCF. The molecule has 0 aliphatic carbocycles. The van der Waals surface area contributed by atoms with E-state index in [1.54, 1.807) is 26.0 Å². The fourth-order valence-corrected chi connectivity index (χ4v) is 2.64. The molecular weight excluding hydrogens is 253 g/mol. The Labute approximate surface area is 112 Å². The average molecular weight is 273 g/mol. The Balaban J connectivity index is 2.97. The van der Waals surface area contributed by atoms with E-state index in [4.69, 9.17) is 15.2 Å². The van der Waals surface area contributed by atoms with Crippen molar-refractivity contribution < 1.29 is 13.9 Å². The maximum atomic E-state index is 12.1. The maximum absolute atomic E-state index is 12.1. The lowest BCUT2D eigenvalue weighted by Gasteiger charge is -2.14. The van der Waals surface area contributed by atoms with Crippen molar-refractivity contribution in [1.82, 2.24) is 0 Å². The van der Waals surface area contributed by atoms with E-state index >= 15 is 0 Å². The first-order valence-electron chi connectivity index (χ1n) is 5.90. The van der Waals surface area contributed by atoms with Crippen LogP contribution < -0.4 is 15.2 Å². The Morgan fingerprint density at radius 1 is 1.22 bits per heavy atom. The first kappa shape index (κ1) is 15.1. The Hall–Kier alpha value is -0.940. The average Bonchev–Trinajstić information content (AvgIpc) is 2.40. The number of halogens is 1. The van der Waals surface area contributed by atoms with Crippen LogP contribution in [0.1, 0.15) is 12.0 Å². The summed E-state index contributed by atoms with van der Waals surface area (Å²) in [6.07, 6.45) is 1.31. The molecule has 1 aromatic rings. The maximum Gasteiger partial charge on any atom is 0.136 e. The third-order valence-corrected chi connectivity index (χ3v) is 3.66. The van der Waals surface area contributed by atoms with Crippen LogP contribution in [0.15, 0.2) is 17.0 Å². The Kier molecular flexibility index (Phi) is 6.90. The van der Waals surface area contributed by atoms with Crippen LogP contribution >= 0.6 is 11.8 Å². The summed E-state index contributed by atoms with van der Waals surface area (Å²) in [7, 11) is 3.25. The van der Waals surface area contributed by atoms with Gasteiger partial charge in [0.15, 0.2) is 0 Å². The molecule has 2 N–H and O–H groups in total. The van der Waals surface area contributed by atoms with Crippen molar-refractivity contribution in [3.8, 4) is 11.5 Å². The second kappa shape index (κ2) is 8.21. The lowest BCUT2D eigenvalue weighted by atomic mass is 10.1. The van der Waals surface area contributed by atoms with E-state index in [-0.39, 0.29) is 6.67 Å². The molecule has 102 valence electrons. The monoisotopic (exact) mass is 273 g/mol. The van der Waals surface area contributed by atoms with Crippen molar-refractivity contribution in [3.63, 3.8) is 0 Å². The van der Waals surface area contributed by atoms with Gasteiger partial charge in [-0.05, 0) is 37.1 Å². The summed E-state index contributed by atoms with van der Waals surface area (Å²) in [6.45, 7) is 0.281. The van der Waals surface area contributed by atoms with Crippen molar-refractivity contribution in [2.24, 2.45) is 5.73 Å². The molecule has 0 saturated heterocycles. The van der Waals surface area contributed by atoms with Gasteiger partial charge in [-0.15, -0.1) is 11.8 Å². The standard InChI is InChI=1S/C13H20FNO2S/c1-16-11-8-10(4-6-15)9-12(17-2)13(11)18-7-3-5-14/h8-9H,3-7,15H2,1-2H3. The van der Waals surface area contributed by atoms with E-state index in [1.165, 1.54) is 0 Å². The molecule has 18 heavy (non-hydrogen) atoms. The third kappa shape index (κ3) is 4.07. The van der Waals surface area contributed by atoms with E-state index in [2.05, 4.69) is 0 Å². The zero-order chi connectivity index (χ0) is 13.4. The molecule has 3 nitrogen and oxygen atoms in total. The second-order valence-corrected chi connectivity index (χ2v) is 4.86. The number of ether oxygens (including phenoxy) is 2. The summed E-state index contributed by atoms with van der Waals surface area (Å²) < 4.78 is 22.9. The number of benzene rings is 1. The smallest absolute Gasteiger partial charge is 0.136 e. The molecule has 0 atom stereocenters. The molecule has 0 aliphatic heterocycles. The molecule has 1 aromatic carbocycles. The largest absolute Gasteiger partial charge is 0.495 e. The van der Waals surface area contributed by atoms with E-state index < -0.39 is 0 Å². The van der Waals surface area contributed by atoms with Gasteiger partial charge in [-0.2, -0.15) is 0 Å². The molecule has 0 spiro atoms. The zero-order valence-corrected chi connectivity index (χ0v) is 11.7. The number of hydrogen-bond acceptors (Lipinski definition) is 4. The van der Waals surface area contributed by atoms with E-state index in [9.17, 15) is 4.39 Å². The van der Waals surface area contributed by atoms with E-state index in [1.807, 2.05) is 12.1 Å². The highest BCUT2D eigenvalue weighted by atomic mass is 32.2. The second-order valence-electron chi connectivity index (χ2n) is 3.76. The summed E-state index contributed by atoms with van der Waals surface area (Å²) in [6, 6.07) is 3.93. The minimum Gasteiger partial charge on any atom is -0.495 e. The summed E-state index contributed by atoms with van der Waals surface area (Å²) in [5.74, 6) is 2.24. The van der Waals surface area contributed by atoms with Crippen molar-refractivity contribution in [3.05, 3.63) is 17.7 Å². The number of rotatable bonds is 8. The number of thioether (sulfide) groups is 1. The lowest BCUT2D eigenvalue weighted by molar-refractivity contribution is 0.375. The molecule has 0 radical (unpaired) electrons. The van der Waals surface area contributed by atoms with Gasteiger partial charge in [0.1, 0.15) is 11.5 Å². The quantitative estimate of drug-likeness (QED) is 0.584. The molecule has 0 unspecified atom stereocenters. The highest BCUT2D eigenvalue weighted by Gasteiger charge is 2.12. The number of hydrogen-bond donors (Lipinski definition) is 1. The van der Waals surface area contributed by atoms with Gasteiger partial charge >= 0.3 is 0 Å². The van der Waals surface area contributed by atoms with Gasteiger partial charge in [0.2, 0.25) is 0 Å². The first-order chi connectivity index (χ1) is 8.76. The Morgan fingerprint density at radius 3 is 2.28 bits per heavy atom. The number of methoxy groups -OCH3 is 2. The van der Waals surface area contributed by atoms with Crippen molar-refractivity contribution in [2.45, 2.75) is 17.7 Å². The highest BCUT2D eigenvalue weighted by molar-refractivity contribution is 7.99. The Bertz CT molecular complexity index is 349. The van der Waals surface area contributed by atoms with Crippen LogP contribution in [0.25, 0.3) is 0 Å². The van der Waals surface area contributed by atoms with Crippen LogP contribution in [0.3, 0.4) is 0 Å². The summed E-state index contributed by atoms with van der Waals surface area (Å²) in [5, 5.41) is 0. The van der Waals surface area contributed by atoms with Gasteiger partial charge in [-0.1, -0.05) is 0 Å². The van der Waals surface area contributed by atoms with Gasteiger partial charge in [-0.3, -0.25) is 4.39 Å². The predicted molar refractivity (Wildman–Crippen MR) is 73.6 cm³/mol. The van der Waals surface area contributed by atoms with Gasteiger partial charge in [0, 0.05) is 5.75 Å². The molecule has 5 heteroatoms. The van der Waals surface area contributed by atoms with Crippen LogP contribution in [0.4, 0.5) is 4.39 Å². The first-order valence-corrected chi connectivity index (χ1v) is 6.89. The summed E-state index contributed by atoms with van der Waals surface area (Å²) in [5.41, 5.74) is 6.64. The lowest BCUT2D eigenvalue weighted by Crippen LogP contribution is -2.04. The van der Waals surface area contributed by atoms with Crippen molar-refractivity contribution in [2.75, 3.05) is 33.2 Å². The minimum absolute atomic E-state index is 0.303. The molecule has 0 bridgehead atoms. The topological polar surface area (TPSA) is 44.5 Å². The van der Waals surface area contributed by atoms with Gasteiger partial charge in [0.25, 0.3) is 0 Å². The normalized spacial score (nSPS) is 10.4. The van der Waals surface area contributed by atoms with Crippen LogP contribution in [0.2, 0.25) is 0 Å². The third-order valence-electron chi connectivity index (χ3n) is 2.48. The highest BCUT2D eigenvalue weighted by Crippen LogP contribution is 2.39. The molecule has 0 fully saturated rings. The predicted octanol–water partition coefficient (Wildman–Crippen LogP) is 2.66. The van der Waals surface area contributed by atoms with Crippen LogP contribution in [0.5, 0.6) is 11.5 Å². The number of alkyl halides is 1. The van der Waals surface area contributed by atoms with E-state index in [0.29, 0.717) is 18.7 Å². The van der Waals surface area contributed by atoms with Crippen molar-refractivity contribution in [1.29, 1.82) is 0 Å². The Morgan fingerprint density at radius 2 is 1.83 bits per heavy atom. The van der Waals surface area contributed by atoms with Gasteiger partial charge < -0.3 is 15.2 Å². The van der Waals surface area contributed by atoms with Crippen LogP contribution in [-0.4, -0.2) is 33.2 Å². The van der Waals surface area contributed by atoms with Gasteiger partial charge in [0.05, 0.1) is 25.8 Å². The number of nitrogens with two attached hydrogens (primary N) is 1. The van der Waals surface area contributed by atoms with Crippen LogP contribution in [-0.2, 0) is 6.42 Å². The van der Waals surface area contributed by atoms with Crippen LogP contribution in [0, 0.1) is 0 Å². The molecular formula is C13H20FNO2S. The zero-order valence-electron chi connectivity index (χ0n) is 10.9. The summed E-state index contributed by atoms with van der Waals surface area (Å²) >= 11 is 1.55. The molecule has 0 aromatic heterocycles. The molecule has 0 heterocycles. The van der Waals surface area contributed by atoms with E-state index in [0.717, 1.165) is 28.4 Å². The van der Waals surface area contributed by atoms with Crippen molar-refractivity contribution >= 4 is 11.8 Å². The molecule has 0 aliphatic rings. The molecule has 0 amide bonds. The molecule has 1 rings (SSSR count).